The summed E-state index contributed by atoms with van der Waals surface area (Å²) >= 11 is 0. The summed E-state index contributed by atoms with van der Waals surface area (Å²) in [6.45, 7) is 2.15. The topological polar surface area (TPSA) is 97.5 Å². The third kappa shape index (κ3) is 4.91. The molecule has 8 heteroatoms. The molecule has 0 saturated carbocycles. The van der Waals surface area contributed by atoms with Gasteiger partial charge in [0, 0.05) is 19.6 Å². The first-order valence-electron chi connectivity index (χ1n) is 8.38. The van der Waals surface area contributed by atoms with Crippen molar-refractivity contribution in [1.29, 1.82) is 0 Å². The maximum absolute atomic E-state index is 13.0. The average molecular weight is 397 g/mol. The molecule has 0 unspecified atom stereocenters. The SMILES string of the molecule is CCS(=O)(=O)c1cccc(S(=O)(=O)N(CCN)CCc2ccccc2)c1. The van der Waals surface area contributed by atoms with Gasteiger partial charge in [0.15, 0.2) is 9.84 Å². The molecule has 0 atom stereocenters. The number of benzene rings is 2. The van der Waals surface area contributed by atoms with Crippen molar-refractivity contribution in [1.82, 2.24) is 4.31 Å². The number of nitrogens with zero attached hydrogens (tertiary/aromatic N) is 1. The Morgan fingerprint density at radius 3 is 2.15 bits per heavy atom. The number of rotatable bonds is 9. The summed E-state index contributed by atoms with van der Waals surface area (Å²) in [5.41, 5.74) is 6.61. The van der Waals surface area contributed by atoms with E-state index in [4.69, 9.17) is 5.73 Å². The van der Waals surface area contributed by atoms with E-state index in [0.717, 1.165) is 5.56 Å². The van der Waals surface area contributed by atoms with E-state index >= 15 is 0 Å². The minimum atomic E-state index is -3.84. The first kappa shape index (κ1) is 20.6. The van der Waals surface area contributed by atoms with Crippen LogP contribution in [0.3, 0.4) is 0 Å². The van der Waals surface area contributed by atoms with Crippen LogP contribution in [-0.2, 0) is 26.3 Å². The molecule has 0 spiro atoms. The number of sulfone groups is 1. The minimum Gasteiger partial charge on any atom is -0.329 e. The van der Waals surface area contributed by atoms with Crippen molar-refractivity contribution in [2.45, 2.75) is 23.1 Å². The predicted octanol–water partition coefficient (Wildman–Crippen LogP) is 1.67. The van der Waals surface area contributed by atoms with Crippen molar-refractivity contribution in [3.63, 3.8) is 0 Å². The van der Waals surface area contributed by atoms with E-state index in [2.05, 4.69) is 0 Å². The van der Waals surface area contributed by atoms with Crippen LogP contribution in [0.15, 0.2) is 64.4 Å². The Morgan fingerprint density at radius 2 is 1.54 bits per heavy atom. The molecule has 0 radical (unpaired) electrons. The summed E-state index contributed by atoms with van der Waals surface area (Å²) < 4.78 is 51.4. The van der Waals surface area contributed by atoms with Crippen molar-refractivity contribution in [2.24, 2.45) is 5.73 Å². The van der Waals surface area contributed by atoms with Gasteiger partial charge >= 0.3 is 0 Å². The lowest BCUT2D eigenvalue weighted by Crippen LogP contribution is -2.37. The summed E-state index contributed by atoms with van der Waals surface area (Å²) in [7, 11) is -7.32. The molecule has 0 amide bonds. The number of hydrogen-bond donors (Lipinski definition) is 1. The van der Waals surface area contributed by atoms with E-state index in [1.165, 1.54) is 35.5 Å². The third-order valence-electron chi connectivity index (χ3n) is 4.05. The van der Waals surface area contributed by atoms with Crippen LogP contribution in [0.25, 0.3) is 0 Å². The van der Waals surface area contributed by atoms with Gasteiger partial charge in [-0.25, -0.2) is 16.8 Å². The van der Waals surface area contributed by atoms with Crippen LogP contribution < -0.4 is 5.73 Å². The summed E-state index contributed by atoms with van der Waals surface area (Å²) in [5, 5.41) is 0. The van der Waals surface area contributed by atoms with Gasteiger partial charge in [-0.3, -0.25) is 0 Å². The van der Waals surface area contributed by atoms with Gasteiger partial charge in [-0.15, -0.1) is 0 Å². The van der Waals surface area contributed by atoms with Gasteiger partial charge in [-0.05, 0) is 30.2 Å². The Bertz CT molecular complexity index is 927. The second kappa shape index (κ2) is 8.77. The van der Waals surface area contributed by atoms with Crippen LogP contribution in [0.1, 0.15) is 12.5 Å². The monoisotopic (exact) mass is 396 g/mol. The first-order chi connectivity index (χ1) is 12.3. The van der Waals surface area contributed by atoms with E-state index in [-0.39, 0.29) is 35.2 Å². The maximum Gasteiger partial charge on any atom is 0.243 e. The third-order valence-corrected chi connectivity index (χ3v) is 7.68. The van der Waals surface area contributed by atoms with Gasteiger partial charge in [-0.2, -0.15) is 4.31 Å². The standard InChI is InChI=1S/C18H24N2O4S2/c1-2-25(21,22)17-9-6-10-18(15-17)26(23,24)20(14-12-19)13-11-16-7-4-3-5-8-16/h3-10,15H,2,11-14,19H2,1H3. The van der Waals surface area contributed by atoms with Crippen molar-refractivity contribution < 1.29 is 16.8 Å². The van der Waals surface area contributed by atoms with Crippen LogP contribution in [0, 0.1) is 0 Å². The molecule has 0 aliphatic carbocycles. The lowest BCUT2D eigenvalue weighted by atomic mass is 10.1. The van der Waals surface area contributed by atoms with Gasteiger partial charge < -0.3 is 5.73 Å². The first-order valence-corrected chi connectivity index (χ1v) is 11.5. The average Bonchev–Trinajstić information content (AvgIpc) is 2.66. The molecule has 2 aromatic carbocycles. The zero-order valence-corrected chi connectivity index (χ0v) is 16.3. The molecule has 6 nitrogen and oxygen atoms in total. The Labute approximate surface area is 155 Å². The van der Waals surface area contributed by atoms with Gasteiger partial charge in [0.25, 0.3) is 0 Å². The van der Waals surface area contributed by atoms with Crippen molar-refractivity contribution in [3.8, 4) is 0 Å². The second-order valence-corrected chi connectivity index (χ2v) is 10.0. The highest BCUT2D eigenvalue weighted by Crippen LogP contribution is 2.20. The van der Waals surface area contributed by atoms with Crippen LogP contribution >= 0.6 is 0 Å². The molecule has 0 fully saturated rings. The Hall–Kier alpha value is -1.74. The molecule has 0 aromatic heterocycles. The second-order valence-electron chi connectivity index (χ2n) is 5.81. The fourth-order valence-corrected chi connectivity index (χ4v) is 5.04. The van der Waals surface area contributed by atoms with E-state index in [0.29, 0.717) is 6.42 Å². The Balaban J connectivity index is 2.31. The summed E-state index contributed by atoms with van der Waals surface area (Å²) in [4.78, 5) is -0.0228. The minimum absolute atomic E-state index is 0.0110. The number of sulfonamides is 1. The van der Waals surface area contributed by atoms with E-state index in [1.54, 1.807) is 0 Å². The molecule has 26 heavy (non-hydrogen) atoms. The number of hydrogen-bond acceptors (Lipinski definition) is 5. The molecule has 0 bridgehead atoms. The highest BCUT2D eigenvalue weighted by molar-refractivity contribution is 7.91. The molecule has 0 aliphatic heterocycles. The normalized spacial score (nSPS) is 12.4. The zero-order valence-electron chi connectivity index (χ0n) is 14.7. The van der Waals surface area contributed by atoms with Gasteiger partial charge in [-0.1, -0.05) is 43.3 Å². The van der Waals surface area contributed by atoms with E-state index in [1.807, 2.05) is 30.3 Å². The number of nitrogens with two attached hydrogens (primary N) is 1. The fraction of sp³-hybridized carbons (Fsp3) is 0.333. The summed E-state index contributed by atoms with van der Waals surface area (Å²) in [6.07, 6.45) is 0.549. The molecular weight excluding hydrogens is 372 g/mol. The highest BCUT2D eigenvalue weighted by Gasteiger charge is 2.25. The van der Waals surface area contributed by atoms with Crippen LogP contribution in [0.4, 0.5) is 0 Å². The van der Waals surface area contributed by atoms with E-state index < -0.39 is 19.9 Å². The van der Waals surface area contributed by atoms with Crippen molar-refractivity contribution >= 4 is 19.9 Å². The highest BCUT2D eigenvalue weighted by atomic mass is 32.2. The Kier molecular flexibility index (Phi) is 6.94. The molecule has 0 heterocycles. The van der Waals surface area contributed by atoms with Crippen LogP contribution in [-0.4, -0.2) is 46.5 Å². The molecule has 2 N–H and O–H groups in total. The molecule has 2 rings (SSSR count). The Morgan fingerprint density at radius 1 is 0.885 bits per heavy atom. The van der Waals surface area contributed by atoms with E-state index in [9.17, 15) is 16.8 Å². The fourth-order valence-electron chi connectivity index (χ4n) is 2.54. The molecule has 0 aliphatic rings. The van der Waals surface area contributed by atoms with Crippen LogP contribution in [0.5, 0.6) is 0 Å². The maximum atomic E-state index is 13.0. The summed E-state index contributed by atoms with van der Waals surface area (Å²) in [5.74, 6) is -0.0863. The van der Waals surface area contributed by atoms with Crippen LogP contribution in [0.2, 0.25) is 0 Å². The summed E-state index contributed by atoms with van der Waals surface area (Å²) in [6, 6.07) is 15.1. The molecule has 142 valence electrons. The quantitative estimate of drug-likeness (QED) is 0.695. The smallest absolute Gasteiger partial charge is 0.243 e. The molecular formula is C18H24N2O4S2. The van der Waals surface area contributed by atoms with Gasteiger partial charge in [0.1, 0.15) is 0 Å². The van der Waals surface area contributed by atoms with Crippen molar-refractivity contribution in [3.05, 3.63) is 60.2 Å². The van der Waals surface area contributed by atoms with Crippen molar-refractivity contribution in [2.75, 3.05) is 25.4 Å². The molecule has 2 aromatic rings. The largest absolute Gasteiger partial charge is 0.329 e. The van der Waals surface area contributed by atoms with Gasteiger partial charge in [0.2, 0.25) is 10.0 Å². The predicted molar refractivity (Wildman–Crippen MR) is 102 cm³/mol. The lowest BCUT2D eigenvalue weighted by molar-refractivity contribution is 0.421. The zero-order chi connectivity index (χ0) is 19.2. The lowest BCUT2D eigenvalue weighted by Gasteiger charge is -2.22. The van der Waals surface area contributed by atoms with Gasteiger partial charge in [0.05, 0.1) is 15.5 Å². The molecule has 0 saturated heterocycles.